The van der Waals surface area contributed by atoms with Crippen LogP contribution in [0.4, 0.5) is 4.79 Å². The molecular weight excluding hydrogens is 228 g/mol. The van der Waals surface area contributed by atoms with Gasteiger partial charge in [-0.2, -0.15) is 0 Å². The number of carbonyl (C=O) groups excluding carboxylic acids is 1. The standard InChI is InChI=1S/C9H7N.C5H11NO2/c1-2-6-9-8(4-1)5-3-7-10-9;1-5(2,3)8-4(6)7/h1-7H;1-3H3,(H2,6,7). The molecule has 1 aromatic carbocycles. The highest BCUT2D eigenvalue weighted by molar-refractivity contribution is 5.77. The van der Waals surface area contributed by atoms with Crippen molar-refractivity contribution in [2.45, 2.75) is 26.4 Å². The second-order valence-corrected chi connectivity index (χ2v) is 4.73. The minimum absolute atomic E-state index is 0.453. The fourth-order valence-electron chi connectivity index (χ4n) is 1.32. The summed E-state index contributed by atoms with van der Waals surface area (Å²) in [6.07, 6.45) is 1.08. The zero-order valence-corrected chi connectivity index (χ0v) is 10.9. The number of fused-ring (bicyclic) bond motifs is 1. The molecule has 0 aliphatic rings. The Morgan fingerprint density at radius 3 is 2.28 bits per heavy atom. The number of nitrogens with two attached hydrogens (primary N) is 1. The first-order chi connectivity index (χ1) is 8.38. The minimum atomic E-state index is -0.725. The molecule has 0 saturated heterocycles. The summed E-state index contributed by atoms with van der Waals surface area (Å²) >= 11 is 0. The molecule has 4 nitrogen and oxygen atoms in total. The Labute approximate surface area is 107 Å². The molecule has 96 valence electrons. The normalized spacial score (nSPS) is 10.4. The number of pyridine rings is 1. The van der Waals surface area contributed by atoms with E-state index in [0.717, 1.165) is 5.52 Å². The Kier molecular flexibility index (Phi) is 4.66. The minimum Gasteiger partial charge on any atom is -0.444 e. The molecule has 0 unspecified atom stereocenters. The Morgan fingerprint density at radius 1 is 1.17 bits per heavy atom. The maximum absolute atomic E-state index is 10.0. The average molecular weight is 246 g/mol. The lowest BCUT2D eigenvalue weighted by Crippen LogP contribution is -2.27. The van der Waals surface area contributed by atoms with E-state index in [-0.39, 0.29) is 0 Å². The number of aromatic nitrogens is 1. The Hall–Kier alpha value is -2.10. The van der Waals surface area contributed by atoms with Crippen LogP contribution >= 0.6 is 0 Å². The first-order valence-corrected chi connectivity index (χ1v) is 5.67. The Balaban J connectivity index is 0.000000187. The van der Waals surface area contributed by atoms with Gasteiger partial charge < -0.3 is 10.5 Å². The second kappa shape index (κ2) is 6.00. The van der Waals surface area contributed by atoms with Gasteiger partial charge in [-0.3, -0.25) is 4.98 Å². The van der Waals surface area contributed by atoms with E-state index in [9.17, 15) is 4.79 Å². The van der Waals surface area contributed by atoms with Crippen molar-refractivity contribution < 1.29 is 9.53 Å². The van der Waals surface area contributed by atoms with E-state index in [1.807, 2.05) is 30.5 Å². The number of hydrogen-bond donors (Lipinski definition) is 1. The monoisotopic (exact) mass is 246 g/mol. The van der Waals surface area contributed by atoms with E-state index in [2.05, 4.69) is 21.9 Å². The molecule has 0 fully saturated rings. The summed E-state index contributed by atoms with van der Waals surface area (Å²) in [4.78, 5) is 14.2. The number of benzene rings is 1. The van der Waals surface area contributed by atoms with Gasteiger partial charge in [0.25, 0.3) is 0 Å². The van der Waals surface area contributed by atoms with Gasteiger partial charge in [0.15, 0.2) is 0 Å². The molecule has 2 N–H and O–H groups in total. The number of amides is 1. The Morgan fingerprint density at radius 2 is 1.78 bits per heavy atom. The van der Waals surface area contributed by atoms with Crippen LogP contribution in [-0.4, -0.2) is 16.7 Å². The van der Waals surface area contributed by atoms with Crippen molar-refractivity contribution in [3.63, 3.8) is 0 Å². The molecule has 0 saturated carbocycles. The smallest absolute Gasteiger partial charge is 0.405 e. The summed E-state index contributed by atoms with van der Waals surface area (Å²) < 4.78 is 4.58. The van der Waals surface area contributed by atoms with Gasteiger partial charge in [0.2, 0.25) is 0 Å². The van der Waals surface area contributed by atoms with Crippen LogP contribution in [0.3, 0.4) is 0 Å². The van der Waals surface area contributed by atoms with E-state index in [4.69, 9.17) is 5.73 Å². The summed E-state index contributed by atoms with van der Waals surface area (Å²) in [7, 11) is 0. The summed E-state index contributed by atoms with van der Waals surface area (Å²) in [6.45, 7) is 5.28. The summed E-state index contributed by atoms with van der Waals surface area (Å²) in [6, 6.07) is 12.1. The number of hydrogen-bond acceptors (Lipinski definition) is 3. The molecule has 1 aromatic heterocycles. The summed E-state index contributed by atoms with van der Waals surface area (Å²) in [5.41, 5.74) is 5.33. The molecule has 1 amide bonds. The van der Waals surface area contributed by atoms with Gasteiger partial charge in [0, 0.05) is 11.6 Å². The van der Waals surface area contributed by atoms with Crippen molar-refractivity contribution in [1.82, 2.24) is 4.98 Å². The predicted molar refractivity (Wildman–Crippen MR) is 72.2 cm³/mol. The van der Waals surface area contributed by atoms with Crippen molar-refractivity contribution in [1.29, 1.82) is 0 Å². The molecule has 0 aliphatic carbocycles. The van der Waals surface area contributed by atoms with E-state index >= 15 is 0 Å². The van der Waals surface area contributed by atoms with Gasteiger partial charge in [-0.1, -0.05) is 24.3 Å². The van der Waals surface area contributed by atoms with Crippen LogP contribution in [0.15, 0.2) is 42.6 Å². The van der Waals surface area contributed by atoms with Gasteiger partial charge in [-0.25, -0.2) is 4.79 Å². The summed E-state index contributed by atoms with van der Waals surface area (Å²) in [5.74, 6) is 0. The number of ether oxygens (including phenoxy) is 1. The van der Waals surface area contributed by atoms with Crippen molar-refractivity contribution >= 4 is 17.0 Å². The quantitative estimate of drug-likeness (QED) is 0.776. The molecule has 18 heavy (non-hydrogen) atoms. The van der Waals surface area contributed by atoms with Crippen molar-refractivity contribution in [3.05, 3.63) is 42.6 Å². The first-order valence-electron chi connectivity index (χ1n) is 5.67. The molecule has 1 heterocycles. The molecular formula is C14H18N2O2. The maximum Gasteiger partial charge on any atom is 0.405 e. The van der Waals surface area contributed by atoms with Gasteiger partial charge in [0.05, 0.1) is 5.52 Å². The lowest BCUT2D eigenvalue weighted by atomic mass is 10.2. The van der Waals surface area contributed by atoms with Crippen LogP contribution in [0.25, 0.3) is 10.9 Å². The Bertz CT molecular complexity index is 453. The second-order valence-electron chi connectivity index (χ2n) is 4.73. The van der Waals surface area contributed by atoms with Crippen molar-refractivity contribution in [2.24, 2.45) is 5.73 Å². The molecule has 2 aromatic rings. The fraction of sp³-hybridized carbons (Fsp3) is 0.286. The first kappa shape index (κ1) is 14.0. The third-order valence-electron chi connectivity index (χ3n) is 1.92. The van der Waals surface area contributed by atoms with Crippen LogP contribution in [-0.2, 0) is 4.74 Å². The van der Waals surface area contributed by atoms with Crippen LogP contribution in [0.2, 0.25) is 0 Å². The molecule has 0 spiro atoms. The molecule has 2 rings (SSSR count). The third kappa shape index (κ3) is 5.30. The number of carbonyl (C=O) groups is 1. The third-order valence-corrected chi connectivity index (χ3v) is 1.92. The number of para-hydroxylation sites is 1. The van der Waals surface area contributed by atoms with Crippen LogP contribution < -0.4 is 5.73 Å². The van der Waals surface area contributed by atoms with E-state index in [1.54, 1.807) is 20.8 Å². The van der Waals surface area contributed by atoms with Gasteiger partial charge in [0.1, 0.15) is 5.60 Å². The fourth-order valence-corrected chi connectivity index (χ4v) is 1.32. The van der Waals surface area contributed by atoms with Crippen LogP contribution in [0, 0.1) is 0 Å². The zero-order chi connectivity index (χ0) is 13.6. The zero-order valence-electron chi connectivity index (χ0n) is 10.9. The van der Waals surface area contributed by atoms with Crippen LogP contribution in [0.1, 0.15) is 20.8 Å². The highest BCUT2D eigenvalue weighted by Gasteiger charge is 2.12. The molecule has 4 heteroatoms. The largest absolute Gasteiger partial charge is 0.444 e. The van der Waals surface area contributed by atoms with Gasteiger partial charge >= 0.3 is 6.09 Å². The number of nitrogens with zero attached hydrogens (tertiary/aromatic N) is 1. The van der Waals surface area contributed by atoms with Crippen molar-refractivity contribution in [3.8, 4) is 0 Å². The predicted octanol–water partition coefficient (Wildman–Crippen LogP) is 3.12. The number of primary amides is 1. The molecule has 0 bridgehead atoms. The molecule has 0 aliphatic heterocycles. The van der Waals surface area contributed by atoms with Gasteiger partial charge in [-0.15, -0.1) is 0 Å². The van der Waals surface area contributed by atoms with E-state index in [0.29, 0.717) is 0 Å². The highest BCUT2D eigenvalue weighted by Crippen LogP contribution is 2.08. The topological polar surface area (TPSA) is 65.2 Å². The van der Waals surface area contributed by atoms with Crippen molar-refractivity contribution in [2.75, 3.05) is 0 Å². The SMILES string of the molecule is CC(C)(C)OC(N)=O.c1ccc2ncccc2c1. The lowest BCUT2D eigenvalue weighted by molar-refractivity contribution is 0.0600. The average Bonchev–Trinajstić information content (AvgIpc) is 2.27. The maximum atomic E-state index is 10.0. The molecule has 0 atom stereocenters. The lowest BCUT2D eigenvalue weighted by Gasteiger charge is -2.16. The number of rotatable bonds is 0. The van der Waals surface area contributed by atoms with Crippen LogP contribution in [0.5, 0.6) is 0 Å². The van der Waals surface area contributed by atoms with E-state index in [1.165, 1.54) is 5.39 Å². The highest BCUT2D eigenvalue weighted by atomic mass is 16.6. The summed E-state index contributed by atoms with van der Waals surface area (Å²) in [5, 5.41) is 1.20. The molecule has 0 radical (unpaired) electrons. The van der Waals surface area contributed by atoms with Gasteiger partial charge in [-0.05, 0) is 32.9 Å². The van der Waals surface area contributed by atoms with E-state index < -0.39 is 11.7 Å².